The highest BCUT2D eigenvalue weighted by atomic mass is 16.6. The normalized spacial score (nSPS) is 13.6. The fourth-order valence-electron chi connectivity index (χ4n) is 2.72. The summed E-state index contributed by atoms with van der Waals surface area (Å²) in [5.74, 6) is -3.16. The topological polar surface area (TPSA) is 136 Å². The number of nitrogens with zero attached hydrogens (tertiary/aromatic N) is 2. The van der Waals surface area contributed by atoms with Gasteiger partial charge in [0.15, 0.2) is 6.10 Å². The van der Waals surface area contributed by atoms with Crippen LogP contribution >= 0.6 is 0 Å². The third-order valence-corrected chi connectivity index (χ3v) is 4.17. The van der Waals surface area contributed by atoms with Gasteiger partial charge in [0.2, 0.25) is 0 Å². The van der Waals surface area contributed by atoms with Crippen molar-refractivity contribution in [1.29, 1.82) is 0 Å². The van der Waals surface area contributed by atoms with Crippen molar-refractivity contribution in [1.82, 2.24) is 4.90 Å². The van der Waals surface area contributed by atoms with Crippen LogP contribution in [0.4, 0.5) is 11.4 Å². The third-order valence-electron chi connectivity index (χ3n) is 4.17. The van der Waals surface area contributed by atoms with Gasteiger partial charge in [-0.25, -0.2) is 0 Å². The Morgan fingerprint density at radius 1 is 1.10 bits per heavy atom. The van der Waals surface area contributed by atoms with E-state index in [1.54, 1.807) is 30.3 Å². The minimum Gasteiger partial charge on any atom is -0.451 e. The number of nitrogens with one attached hydrogen (secondary N) is 1. The fourth-order valence-corrected chi connectivity index (χ4v) is 2.72. The van der Waals surface area contributed by atoms with Crippen LogP contribution in [-0.2, 0) is 14.3 Å². The molecule has 0 unspecified atom stereocenters. The molecule has 0 fully saturated rings. The molecule has 10 nitrogen and oxygen atoms in total. The van der Waals surface area contributed by atoms with E-state index in [0.717, 1.165) is 18.2 Å². The number of rotatable bonds is 6. The summed E-state index contributed by atoms with van der Waals surface area (Å²) in [5.41, 5.74) is -0.0296. The summed E-state index contributed by atoms with van der Waals surface area (Å²) in [7, 11) is 0. The number of para-hydroxylation sites is 1. The number of hydrogen-bond donors (Lipinski definition) is 1. The Morgan fingerprint density at radius 2 is 1.76 bits per heavy atom. The van der Waals surface area contributed by atoms with E-state index >= 15 is 0 Å². The number of nitro benzene ring substituents is 1. The summed E-state index contributed by atoms with van der Waals surface area (Å²) in [6.07, 6.45) is -1.17. The van der Waals surface area contributed by atoms with Crippen molar-refractivity contribution in [2.75, 3.05) is 11.9 Å². The molecular formula is C19H15N3O7. The largest absolute Gasteiger partial charge is 0.451 e. The molecule has 3 amide bonds. The summed E-state index contributed by atoms with van der Waals surface area (Å²) in [6.45, 7) is 0.630. The standard InChI is InChI=1S/C19H15N3O7/c1-11(17(24)20-12-5-3-2-4-6-12)29-16(23)10-21-18(25)14-8-7-13(22(27)28)9-15(14)19(21)26/h2-9,11H,10H2,1H3,(H,20,24)/t11-/m0/s1. The first-order chi connectivity index (χ1) is 13.8. The van der Waals surface area contributed by atoms with Crippen molar-refractivity contribution in [3.63, 3.8) is 0 Å². The first-order valence-electron chi connectivity index (χ1n) is 8.48. The minimum absolute atomic E-state index is 0.0386. The number of hydrogen-bond acceptors (Lipinski definition) is 7. The van der Waals surface area contributed by atoms with Gasteiger partial charge in [-0.05, 0) is 25.1 Å². The Balaban J connectivity index is 1.63. The molecule has 1 atom stereocenters. The number of non-ortho nitro benzene ring substituents is 1. The van der Waals surface area contributed by atoms with Gasteiger partial charge in [-0.1, -0.05) is 18.2 Å². The maximum atomic E-state index is 12.4. The molecule has 1 aliphatic heterocycles. The molecule has 2 aromatic rings. The lowest BCUT2D eigenvalue weighted by molar-refractivity contribution is -0.384. The number of esters is 1. The monoisotopic (exact) mass is 397 g/mol. The molecule has 0 aliphatic carbocycles. The number of amides is 3. The smallest absolute Gasteiger partial charge is 0.326 e. The van der Waals surface area contributed by atoms with E-state index in [9.17, 15) is 29.3 Å². The Bertz CT molecular complexity index is 1020. The van der Waals surface area contributed by atoms with Crippen LogP contribution in [-0.4, -0.2) is 46.2 Å². The third kappa shape index (κ3) is 4.10. The van der Waals surface area contributed by atoms with Gasteiger partial charge in [0.05, 0.1) is 16.1 Å². The molecule has 3 rings (SSSR count). The van der Waals surface area contributed by atoms with Crippen molar-refractivity contribution < 1.29 is 28.8 Å². The van der Waals surface area contributed by atoms with Crippen LogP contribution in [0.5, 0.6) is 0 Å². The molecule has 0 saturated heterocycles. The molecule has 148 valence electrons. The molecule has 1 heterocycles. The Morgan fingerprint density at radius 3 is 2.41 bits per heavy atom. The first-order valence-corrected chi connectivity index (χ1v) is 8.48. The highest BCUT2D eigenvalue weighted by Gasteiger charge is 2.38. The zero-order valence-corrected chi connectivity index (χ0v) is 15.2. The van der Waals surface area contributed by atoms with Crippen LogP contribution in [0, 0.1) is 10.1 Å². The zero-order valence-electron chi connectivity index (χ0n) is 15.2. The second kappa shape index (κ2) is 7.89. The molecule has 1 N–H and O–H groups in total. The summed E-state index contributed by atoms with van der Waals surface area (Å²) in [6, 6.07) is 11.8. The first kappa shape index (κ1) is 19.7. The number of benzene rings is 2. The second-order valence-corrected chi connectivity index (χ2v) is 6.17. The molecule has 0 aromatic heterocycles. The summed E-state index contributed by atoms with van der Waals surface area (Å²) in [5, 5.41) is 13.4. The van der Waals surface area contributed by atoms with E-state index in [-0.39, 0.29) is 16.8 Å². The lowest BCUT2D eigenvalue weighted by Gasteiger charge is -2.16. The fraction of sp³-hybridized carbons (Fsp3) is 0.158. The van der Waals surface area contributed by atoms with Crippen molar-refractivity contribution >= 4 is 35.1 Å². The van der Waals surface area contributed by atoms with Crippen molar-refractivity contribution in [3.05, 3.63) is 69.8 Å². The molecule has 2 aromatic carbocycles. The average molecular weight is 397 g/mol. The Kier molecular flexibility index (Phi) is 5.35. The molecule has 0 spiro atoms. The van der Waals surface area contributed by atoms with Gasteiger partial charge in [-0.2, -0.15) is 0 Å². The van der Waals surface area contributed by atoms with E-state index in [1.165, 1.54) is 6.92 Å². The average Bonchev–Trinajstić information content (AvgIpc) is 2.93. The second-order valence-electron chi connectivity index (χ2n) is 6.17. The van der Waals surface area contributed by atoms with Gasteiger partial charge in [-0.3, -0.25) is 34.2 Å². The molecule has 0 saturated carbocycles. The number of imide groups is 1. The van der Waals surface area contributed by atoms with Gasteiger partial charge >= 0.3 is 5.97 Å². The maximum absolute atomic E-state index is 12.4. The maximum Gasteiger partial charge on any atom is 0.326 e. The number of fused-ring (bicyclic) bond motifs is 1. The Labute approximate surface area is 164 Å². The number of ether oxygens (including phenoxy) is 1. The van der Waals surface area contributed by atoms with Crippen molar-refractivity contribution in [2.45, 2.75) is 13.0 Å². The molecule has 29 heavy (non-hydrogen) atoms. The van der Waals surface area contributed by atoms with Crippen molar-refractivity contribution in [3.8, 4) is 0 Å². The molecule has 0 bridgehead atoms. The molecule has 1 aliphatic rings. The van der Waals surface area contributed by atoms with E-state index in [2.05, 4.69) is 5.32 Å². The van der Waals surface area contributed by atoms with Crippen LogP contribution in [0.25, 0.3) is 0 Å². The van der Waals surface area contributed by atoms with Crippen LogP contribution in [0.3, 0.4) is 0 Å². The predicted octanol–water partition coefficient (Wildman–Crippen LogP) is 1.76. The minimum atomic E-state index is -1.17. The van der Waals surface area contributed by atoms with E-state index < -0.39 is 41.3 Å². The zero-order chi connectivity index (χ0) is 21.1. The summed E-state index contributed by atoms with van der Waals surface area (Å²) >= 11 is 0. The van der Waals surface area contributed by atoms with E-state index in [1.807, 2.05) is 0 Å². The van der Waals surface area contributed by atoms with Gasteiger partial charge in [0.1, 0.15) is 6.54 Å². The quantitative estimate of drug-likeness (QED) is 0.339. The van der Waals surface area contributed by atoms with E-state index in [4.69, 9.17) is 4.74 Å². The van der Waals surface area contributed by atoms with Crippen molar-refractivity contribution in [2.24, 2.45) is 0 Å². The lowest BCUT2D eigenvalue weighted by atomic mass is 10.1. The van der Waals surface area contributed by atoms with Crippen LogP contribution in [0.1, 0.15) is 27.6 Å². The number of carbonyl (C=O) groups is 4. The van der Waals surface area contributed by atoms with Crippen LogP contribution in [0.2, 0.25) is 0 Å². The number of nitro groups is 1. The van der Waals surface area contributed by atoms with Gasteiger partial charge < -0.3 is 10.1 Å². The number of anilines is 1. The molecule has 10 heteroatoms. The highest BCUT2D eigenvalue weighted by molar-refractivity contribution is 6.22. The van der Waals surface area contributed by atoms with Crippen LogP contribution < -0.4 is 5.32 Å². The number of carbonyl (C=O) groups excluding carboxylic acids is 4. The van der Waals surface area contributed by atoms with Gasteiger partial charge in [0, 0.05) is 17.8 Å². The van der Waals surface area contributed by atoms with Gasteiger partial charge in [-0.15, -0.1) is 0 Å². The van der Waals surface area contributed by atoms with Gasteiger partial charge in [0.25, 0.3) is 23.4 Å². The highest BCUT2D eigenvalue weighted by Crippen LogP contribution is 2.26. The van der Waals surface area contributed by atoms with E-state index in [0.29, 0.717) is 10.6 Å². The van der Waals surface area contributed by atoms with Crippen LogP contribution in [0.15, 0.2) is 48.5 Å². The summed E-state index contributed by atoms with van der Waals surface area (Å²) in [4.78, 5) is 59.7. The molecule has 0 radical (unpaired) electrons. The lowest BCUT2D eigenvalue weighted by Crippen LogP contribution is -2.38. The summed E-state index contributed by atoms with van der Waals surface area (Å²) < 4.78 is 5.00. The predicted molar refractivity (Wildman–Crippen MR) is 99.1 cm³/mol. The molecular weight excluding hydrogens is 382 g/mol. The SMILES string of the molecule is C[C@H](OC(=O)CN1C(=O)c2ccc([N+](=O)[O-])cc2C1=O)C(=O)Nc1ccccc1. The Hall–Kier alpha value is -4.08.